The second-order valence-electron chi connectivity index (χ2n) is 5.70. The Labute approximate surface area is 143 Å². The third kappa shape index (κ3) is 2.17. The smallest absolute Gasteiger partial charge is 0.266 e. The minimum atomic E-state index is -0.278. The van der Waals surface area contributed by atoms with Crippen LogP contribution in [0.4, 0.5) is 5.69 Å². The lowest BCUT2D eigenvalue weighted by Crippen LogP contribution is -2.29. The van der Waals surface area contributed by atoms with E-state index in [9.17, 15) is 9.59 Å². The van der Waals surface area contributed by atoms with E-state index < -0.39 is 0 Å². The average Bonchev–Trinajstić information content (AvgIpc) is 3.06. The molecule has 1 aliphatic heterocycles. The molecule has 24 heavy (non-hydrogen) atoms. The van der Waals surface area contributed by atoms with Gasteiger partial charge < -0.3 is 0 Å². The fraction of sp³-hybridized carbons (Fsp3) is 0.105. The molecule has 4 nitrogen and oxygen atoms in total. The van der Waals surface area contributed by atoms with E-state index in [1.807, 2.05) is 32.0 Å². The van der Waals surface area contributed by atoms with E-state index in [2.05, 4.69) is 4.98 Å². The van der Waals surface area contributed by atoms with Crippen LogP contribution in [0.25, 0.3) is 10.6 Å². The number of hydrogen-bond donors (Lipinski definition) is 0. The summed E-state index contributed by atoms with van der Waals surface area (Å²) in [6, 6.07) is 14.3. The van der Waals surface area contributed by atoms with Crippen molar-refractivity contribution < 1.29 is 9.59 Å². The highest BCUT2D eigenvalue weighted by molar-refractivity contribution is 7.15. The molecule has 2 heterocycles. The van der Waals surface area contributed by atoms with Crippen LogP contribution < -0.4 is 4.90 Å². The van der Waals surface area contributed by atoms with Crippen molar-refractivity contribution in [2.24, 2.45) is 0 Å². The lowest BCUT2D eigenvalue weighted by atomic mass is 10.1. The number of anilines is 1. The molecule has 5 heteroatoms. The van der Waals surface area contributed by atoms with Gasteiger partial charge in [0.15, 0.2) is 0 Å². The van der Waals surface area contributed by atoms with E-state index in [1.165, 1.54) is 4.90 Å². The van der Waals surface area contributed by atoms with Crippen molar-refractivity contribution in [2.45, 2.75) is 13.8 Å². The molecule has 0 unspecified atom stereocenters. The van der Waals surface area contributed by atoms with Gasteiger partial charge in [-0.15, -0.1) is 11.3 Å². The zero-order valence-corrected chi connectivity index (χ0v) is 14.1. The largest absolute Gasteiger partial charge is 0.268 e. The molecule has 0 aliphatic carbocycles. The molecule has 4 rings (SSSR count). The summed E-state index contributed by atoms with van der Waals surface area (Å²) in [5, 5.41) is 0.892. The van der Waals surface area contributed by atoms with Gasteiger partial charge in [0.25, 0.3) is 11.8 Å². The van der Waals surface area contributed by atoms with E-state index in [0.717, 1.165) is 21.1 Å². The predicted molar refractivity (Wildman–Crippen MR) is 94.6 cm³/mol. The summed E-state index contributed by atoms with van der Waals surface area (Å²) in [5.74, 6) is -0.557. The van der Waals surface area contributed by atoms with E-state index in [0.29, 0.717) is 16.8 Å². The summed E-state index contributed by atoms with van der Waals surface area (Å²) < 4.78 is 0. The lowest BCUT2D eigenvalue weighted by Gasteiger charge is -2.14. The molecule has 0 fully saturated rings. The standard InChI is InChI=1S/C19H14N2O2S/c1-11-12(2)24-17(20-11)13-6-5-7-14(10-13)21-18(22)15-8-3-4-9-16(15)19(21)23/h3-10H,1-2H3. The van der Waals surface area contributed by atoms with E-state index in [4.69, 9.17) is 0 Å². The first-order chi connectivity index (χ1) is 11.6. The molecular weight excluding hydrogens is 320 g/mol. The van der Waals surface area contributed by atoms with Crippen LogP contribution in [0.1, 0.15) is 31.3 Å². The first-order valence-corrected chi connectivity index (χ1v) is 8.40. The van der Waals surface area contributed by atoms with Crippen LogP contribution in [0, 0.1) is 13.8 Å². The lowest BCUT2D eigenvalue weighted by molar-refractivity contribution is 0.0926. The molecule has 0 spiro atoms. The Morgan fingerprint density at radius 1 is 0.917 bits per heavy atom. The average molecular weight is 334 g/mol. The minimum absolute atomic E-state index is 0.278. The van der Waals surface area contributed by atoms with Gasteiger partial charge >= 0.3 is 0 Å². The fourth-order valence-electron chi connectivity index (χ4n) is 2.80. The number of rotatable bonds is 2. The first-order valence-electron chi connectivity index (χ1n) is 7.58. The monoisotopic (exact) mass is 334 g/mol. The highest BCUT2D eigenvalue weighted by Crippen LogP contribution is 2.33. The molecule has 0 bridgehead atoms. The number of aromatic nitrogens is 1. The van der Waals surface area contributed by atoms with Crippen molar-refractivity contribution in [3.63, 3.8) is 0 Å². The van der Waals surface area contributed by atoms with Gasteiger partial charge in [0, 0.05) is 10.4 Å². The summed E-state index contributed by atoms with van der Waals surface area (Å²) >= 11 is 1.61. The van der Waals surface area contributed by atoms with Gasteiger partial charge in [0.2, 0.25) is 0 Å². The number of carbonyl (C=O) groups excluding carboxylic acids is 2. The zero-order valence-electron chi connectivity index (χ0n) is 13.2. The second-order valence-corrected chi connectivity index (χ2v) is 6.91. The molecule has 1 aromatic heterocycles. The van der Waals surface area contributed by atoms with Gasteiger partial charge in [-0.05, 0) is 38.1 Å². The quantitative estimate of drug-likeness (QED) is 0.659. The number of amides is 2. The van der Waals surface area contributed by atoms with Gasteiger partial charge in [-0.1, -0.05) is 24.3 Å². The van der Waals surface area contributed by atoms with Gasteiger partial charge in [-0.25, -0.2) is 9.88 Å². The highest BCUT2D eigenvalue weighted by atomic mass is 32.1. The number of imide groups is 1. The summed E-state index contributed by atoms with van der Waals surface area (Å²) in [4.78, 5) is 32.2. The SMILES string of the molecule is Cc1nc(-c2cccc(N3C(=O)c4ccccc4C3=O)c2)sc1C. The summed E-state index contributed by atoms with van der Waals surface area (Å²) in [7, 11) is 0. The molecule has 0 saturated carbocycles. The normalized spacial score (nSPS) is 13.5. The molecular formula is C19H14N2O2S. The first kappa shape index (κ1) is 14.8. The Balaban J connectivity index is 1.78. The van der Waals surface area contributed by atoms with E-state index >= 15 is 0 Å². The van der Waals surface area contributed by atoms with Crippen LogP contribution in [0.3, 0.4) is 0 Å². The van der Waals surface area contributed by atoms with Crippen molar-refractivity contribution in [1.29, 1.82) is 0 Å². The van der Waals surface area contributed by atoms with Crippen molar-refractivity contribution in [3.8, 4) is 10.6 Å². The van der Waals surface area contributed by atoms with Crippen molar-refractivity contribution in [1.82, 2.24) is 4.98 Å². The third-order valence-electron chi connectivity index (χ3n) is 4.17. The Morgan fingerprint density at radius 3 is 2.17 bits per heavy atom. The highest BCUT2D eigenvalue weighted by Gasteiger charge is 2.36. The Hall–Kier alpha value is -2.79. The maximum Gasteiger partial charge on any atom is 0.266 e. The number of hydrogen-bond acceptors (Lipinski definition) is 4. The Bertz CT molecular complexity index is 936. The second kappa shape index (κ2) is 5.39. The van der Waals surface area contributed by atoms with Crippen molar-refractivity contribution in [2.75, 3.05) is 4.90 Å². The molecule has 118 valence electrons. The zero-order chi connectivity index (χ0) is 16.8. The number of benzene rings is 2. The molecule has 0 N–H and O–H groups in total. The molecule has 2 aromatic carbocycles. The Morgan fingerprint density at radius 2 is 1.58 bits per heavy atom. The maximum absolute atomic E-state index is 12.6. The van der Waals surface area contributed by atoms with Crippen LogP contribution in [0.5, 0.6) is 0 Å². The van der Waals surface area contributed by atoms with Crippen LogP contribution >= 0.6 is 11.3 Å². The predicted octanol–water partition coefficient (Wildman–Crippen LogP) is 4.23. The summed E-state index contributed by atoms with van der Waals surface area (Å²) in [6.45, 7) is 4.01. The summed E-state index contributed by atoms with van der Waals surface area (Å²) in [5.41, 5.74) is 3.39. The molecule has 0 saturated heterocycles. The number of fused-ring (bicyclic) bond motifs is 1. The van der Waals surface area contributed by atoms with Crippen LogP contribution in [-0.4, -0.2) is 16.8 Å². The van der Waals surface area contributed by atoms with Gasteiger partial charge in [-0.3, -0.25) is 9.59 Å². The minimum Gasteiger partial charge on any atom is -0.268 e. The molecule has 0 radical (unpaired) electrons. The van der Waals surface area contributed by atoms with Crippen molar-refractivity contribution >= 4 is 28.8 Å². The maximum atomic E-state index is 12.6. The van der Waals surface area contributed by atoms with Gasteiger partial charge in [0.05, 0.1) is 22.5 Å². The molecule has 1 aliphatic rings. The molecule has 2 amide bonds. The van der Waals surface area contributed by atoms with E-state index in [-0.39, 0.29) is 11.8 Å². The topological polar surface area (TPSA) is 50.3 Å². The van der Waals surface area contributed by atoms with Crippen molar-refractivity contribution in [3.05, 3.63) is 70.2 Å². The number of nitrogens with zero attached hydrogens (tertiary/aromatic N) is 2. The van der Waals surface area contributed by atoms with Gasteiger partial charge in [0.1, 0.15) is 5.01 Å². The van der Waals surface area contributed by atoms with Crippen LogP contribution in [-0.2, 0) is 0 Å². The number of carbonyl (C=O) groups is 2. The Kier molecular flexibility index (Phi) is 3.32. The third-order valence-corrected chi connectivity index (χ3v) is 5.30. The van der Waals surface area contributed by atoms with Crippen LogP contribution in [0.2, 0.25) is 0 Å². The molecule has 0 atom stereocenters. The summed E-state index contributed by atoms with van der Waals surface area (Å²) in [6.07, 6.45) is 0. The fourth-order valence-corrected chi connectivity index (χ4v) is 3.71. The van der Waals surface area contributed by atoms with Crippen LogP contribution in [0.15, 0.2) is 48.5 Å². The van der Waals surface area contributed by atoms with E-state index in [1.54, 1.807) is 41.7 Å². The molecule has 3 aromatic rings. The number of thiazole rings is 1. The van der Waals surface area contributed by atoms with Gasteiger partial charge in [-0.2, -0.15) is 0 Å². The number of aryl methyl sites for hydroxylation is 2.